The van der Waals surface area contributed by atoms with Crippen LogP contribution in [-0.2, 0) is 13.2 Å². The van der Waals surface area contributed by atoms with E-state index in [1.807, 2.05) is 60.4 Å². The highest BCUT2D eigenvalue weighted by Gasteiger charge is 2.24. The summed E-state index contributed by atoms with van der Waals surface area (Å²) in [6, 6.07) is 17.1. The number of piperazine rings is 1. The van der Waals surface area contributed by atoms with E-state index in [0.29, 0.717) is 35.2 Å². The second kappa shape index (κ2) is 10.7. The first kappa shape index (κ1) is 24.3. The minimum Gasteiger partial charge on any atom is -0.496 e. The lowest BCUT2D eigenvalue weighted by atomic mass is 10.1. The molecule has 0 saturated carbocycles. The lowest BCUT2D eigenvalue weighted by Gasteiger charge is -2.35. The number of hydrogen-bond acceptors (Lipinski definition) is 6. The van der Waals surface area contributed by atoms with Crippen LogP contribution < -0.4 is 18.9 Å². The van der Waals surface area contributed by atoms with E-state index >= 15 is 0 Å². The number of fused-ring (bicyclic) bond motifs is 1. The van der Waals surface area contributed by atoms with Gasteiger partial charge in [0.05, 0.1) is 7.11 Å². The number of carbonyl (C=O) groups is 1. The summed E-state index contributed by atoms with van der Waals surface area (Å²) in [6.07, 6.45) is 0. The Morgan fingerprint density at radius 1 is 0.972 bits per heavy atom. The molecule has 36 heavy (non-hydrogen) atoms. The molecule has 0 unspecified atom stereocenters. The number of rotatable bonds is 7. The predicted molar refractivity (Wildman–Crippen MR) is 137 cm³/mol. The van der Waals surface area contributed by atoms with Crippen molar-refractivity contribution in [2.24, 2.45) is 0 Å². The third-order valence-electron chi connectivity index (χ3n) is 6.55. The van der Waals surface area contributed by atoms with Crippen LogP contribution in [0.1, 0.15) is 27.0 Å². The van der Waals surface area contributed by atoms with Gasteiger partial charge in [-0.1, -0.05) is 17.7 Å². The first-order valence-electron chi connectivity index (χ1n) is 12.0. The molecule has 188 valence electrons. The van der Waals surface area contributed by atoms with E-state index in [4.69, 9.17) is 30.5 Å². The summed E-state index contributed by atoms with van der Waals surface area (Å²) in [5.41, 5.74) is 3.57. The molecule has 1 fully saturated rings. The Labute approximate surface area is 216 Å². The Kier molecular flexibility index (Phi) is 7.20. The first-order valence-corrected chi connectivity index (χ1v) is 12.3. The molecule has 2 aliphatic heterocycles. The number of nitrogens with zero attached hydrogens (tertiary/aromatic N) is 2. The van der Waals surface area contributed by atoms with E-state index in [-0.39, 0.29) is 19.3 Å². The van der Waals surface area contributed by atoms with E-state index in [1.54, 1.807) is 7.11 Å². The monoisotopic (exact) mass is 508 g/mol. The smallest absolute Gasteiger partial charge is 0.253 e. The zero-order chi connectivity index (χ0) is 25.1. The van der Waals surface area contributed by atoms with E-state index in [9.17, 15) is 4.79 Å². The van der Waals surface area contributed by atoms with E-state index < -0.39 is 0 Å². The summed E-state index contributed by atoms with van der Waals surface area (Å²) >= 11 is 6.11. The number of methoxy groups -OCH3 is 1. The van der Waals surface area contributed by atoms with Crippen molar-refractivity contribution in [3.05, 3.63) is 81.9 Å². The van der Waals surface area contributed by atoms with Gasteiger partial charge in [0.1, 0.15) is 18.1 Å². The van der Waals surface area contributed by atoms with Crippen LogP contribution in [0.4, 0.5) is 0 Å². The van der Waals surface area contributed by atoms with Gasteiger partial charge < -0.3 is 23.8 Å². The fraction of sp³-hybridized carbons (Fsp3) is 0.321. The number of aryl methyl sites for hydroxylation is 1. The van der Waals surface area contributed by atoms with Crippen LogP contribution in [0.15, 0.2) is 54.6 Å². The van der Waals surface area contributed by atoms with Gasteiger partial charge in [0.2, 0.25) is 6.79 Å². The topological polar surface area (TPSA) is 60.5 Å². The summed E-state index contributed by atoms with van der Waals surface area (Å²) in [6.45, 7) is 6.27. The highest BCUT2D eigenvalue weighted by atomic mass is 35.5. The second-order valence-electron chi connectivity index (χ2n) is 8.98. The number of halogens is 1. The van der Waals surface area contributed by atoms with Gasteiger partial charge in [-0.2, -0.15) is 0 Å². The largest absolute Gasteiger partial charge is 0.496 e. The van der Waals surface area contributed by atoms with Crippen molar-refractivity contribution < 1.29 is 23.7 Å². The third-order valence-corrected chi connectivity index (χ3v) is 6.98. The molecule has 0 radical (unpaired) electrons. The molecule has 0 aliphatic carbocycles. The van der Waals surface area contributed by atoms with Gasteiger partial charge in [-0.05, 0) is 66.6 Å². The van der Waals surface area contributed by atoms with Gasteiger partial charge >= 0.3 is 0 Å². The maximum absolute atomic E-state index is 13.3. The van der Waals surface area contributed by atoms with Crippen molar-refractivity contribution in [2.45, 2.75) is 20.1 Å². The molecular weight excluding hydrogens is 480 g/mol. The lowest BCUT2D eigenvalue weighted by molar-refractivity contribution is 0.0628. The molecule has 0 spiro atoms. The molecule has 5 rings (SSSR count). The van der Waals surface area contributed by atoms with Crippen LogP contribution >= 0.6 is 11.6 Å². The molecule has 0 aromatic heterocycles. The fourth-order valence-corrected chi connectivity index (χ4v) is 4.60. The molecule has 1 saturated heterocycles. The fourth-order valence-electron chi connectivity index (χ4n) is 4.48. The Bertz CT molecular complexity index is 1260. The molecule has 0 N–H and O–H groups in total. The zero-order valence-electron chi connectivity index (χ0n) is 20.5. The van der Waals surface area contributed by atoms with Crippen molar-refractivity contribution in [1.82, 2.24) is 9.80 Å². The van der Waals surface area contributed by atoms with Gasteiger partial charge in [-0.15, -0.1) is 0 Å². The molecule has 0 bridgehead atoms. The number of carbonyl (C=O) groups excluding carboxylic acids is 1. The minimum atomic E-state index is 0.0176. The lowest BCUT2D eigenvalue weighted by Crippen LogP contribution is -2.48. The average Bonchev–Trinajstić information content (AvgIpc) is 3.37. The maximum atomic E-state index is 13.3. The summed E-state index contributed by atoms with van der Waals surface area (Å²) in [5.74, 6) is 3.01. The quantitative estimate of drug-likeness (QED) is 0.451. The number of ether oxygens (including phenoxy) is 4. The Balaban J connectivity index is 1.20. The van der Waals surface area contributed by atoms with Crippen molar-refractivity contribution in [3.8, 4) is 23.0 Å². The number of amides is 1. The van der Waals surface area contributed by atoms with Crippen LogP contribution in [0.3, 0.4) is 0 Å². The Morgan fingerprint density at radius 2 is 1.78 bits per heavy atom. The van der Waals surface area contributed by atoms with Crippen LogP contribution in [-0.4, -0.2) is 55.8 Å². The van der Waals surface area contributed by atoms with Crippen molar-refractivity contribution in [2.75, 3.05) is 40.1 Å². The number of benzene rings is 3. The van der Waals surface area contributed by atoms with Crippen molar-refractivity contribution >= 4 is 17.5 Å². The average molecular weight is 509 g/mol. The highest BCUT2D eigenvalue weighted by Crippen LogP contribution is 2.33. The summed E-state index contributed by atoms with van der Waals surface area (Å²) in [4.78, 5) is 17.5. The van der Waals surface area contributed by atoms with Gasteiger partial charge in [-0.3, -0.25) is 9.69 Å². The van der Waals surface area contributed by atoms with Crippen LogP contribution in [0.5, 0.6) is 23.0 Å². The molecule has 2 aliphatic rings. The first-order chi connectivity index (χ1) is 17.5. The standard InChI is InChI=1S/C28H29ClN2O5/c1-19-13-23(5-6-24(19)29)34-17-22-15-21(4-8-25(22)33-2)28(32)31-11-9-30(10-12-31)16-20-3-7-26-27(14-20)36-18-35-26/h3-8,13-15H,9-12,16-18H2,1-2H3. The number of hydrogen-bond donors (Lipinski definition) is 0. The van der Waals surface area contributed by atoms with Crippen LogP contribution in [0.25, 0.3) is 0 Å². The Morgan fingerprint density at radius 3 is 2.56 bits per heavy atom. The minimum absolute atomic E-state index is 0.0176. The molecule has 2 heterocycles. The van der Waals surface area contributed by atoms with Gasteiger partial charge in [0, 0.05) is 48.9 Å². The highest BCUT2D eigenvalue weighted by molar-refractivity contribution is 6.31. The second-order valence-corrected chi connectivity index (χ2v) is 9.39. The molecule has 1 amide bonds. The molecule has 8 heteroatoms. The Hall–Kier alpha value is -3.42. The molecule has 3 aromatic carbocycles. The van der Waals surface area contributed by atoms with E-state index in [2.05, 4.69) is 11.0 Å². The summed E-state index contributed by atoms with van der Waals surface area (Å²) in [5, 5.41) is 0.698. The van der Waals surface area contributed by atoms with E-state index in [1.165, 1.54) is 5.56 Å². The van der Waals surface area contributed by atoms with Gasteiger partial charge in [0.15, 0.2) is 11.5 Å². The van der Waals surface area contributed by atoms with Crippen LogP contribution in [0.2, 0.25) is 5.02 Å². The molecule has 3 aromatic rings. The normalized spacial score (nSPS) is 15.1. The summed E-state index contributed by atoms with van der Waals surface area (Å²) in [7, 11) is 1.62. The maximum Gasteiger partial charge on any atom is 0.253 e. The molecular formula is C28H29ClN2O5. The zero-order valence-corrected chi connectivity index (χ0v) is 21.2. The van der Waals surface area contributed by atoms with Crippen molar-refractivity contribution in [1.29, 1.82) is 0 Å². The molecule has 7 nitrogen and oxygen atoms in total. The van der Waals surface area contributed by atoms with E-state index in [0.717, 1.165) is 42.3 Å². The van der Waals surface area contributed by atoms with Crippen LogP contribution in [0, 0.1) is 6.92 Å². The summed E-state index contributed by atoms with van der Waals surface area (Å²) < 4.78 is 22.4. The third kappa shape index (κ3) is 5.37. The van der Waals surface area contributed by atoms with Crippen molar-refractivity contribution in [3.63, 3.8) is 0 Å². The van der Waals surface area contributed by atoms with Gasteiger partial charge in [0.25, 0.3) is 5.91 Å². The molecule has 0 atom stereocenters. The van der Waals surface area contributed by atoms with Gasteiger partial charge in [-0.25, -0.2) is 0 Å². The predicted octanol–water partition coefficient (Wildman–Crippen LogP) is 4.92. The SMILES string of the molecule is COc1ccc(C(=O)N2CCN(Cc3ccc4c(c3)OCO4)CC2)cc1COc1ccc(Cl)c(C)c1.